The van der Waals surface area contributed by atoms with Gasteiger partial charge in [0.1, 0.15) is 0 Å². The predicted molar refractivity (Wildman–Crippen MR) is 59.5 cm³/mol. The van der Waals surface area contributed by atoms with Gasteiger partial charge in [0.25, 0.3) is 0 Å². The van der Waals surface area contributed by atoms with Gasteiger partial charge in [-0.15, -0.1) is 0 Å². The first-order valence-electron chi connectivity index (χ1n) is 4.46. The maximum atomic E-state index is 11.7. The first-order chi connectivity index (χ1) is 6.68. The van der Waals surface area contributed by atoms with Crippen LogP contribution in [0.15, 0.2) is 28.7 Å². The van der Waals surface area contributed by atoms with Crippen LogP contribution in [0.3, 0.4) is 0 Å². The van der Waals surface area contributed by atoms with Crippen molar-refractivity contribution >= 4 is 27.6 Å². The van der Waals surface area contributed by atoms with Crippen LogP contribution in [0.5, 0.6) is 0 Å². The van der Waals surface area contributed by atoms with E-state index in [9.17, 15) is 4.79 Å². The second-order valence-corrected chi connectivity index (χ2v) is 4.25. The van der Waals surface area contributed by atoms with Gasteiger partial charge in [-0.1, -0.05) is 22.0 Å². The largest absolute Gasteiger partial charge is 0.326 e. The number of urea groups is 1. The van der Waals surface area contributed by atoms with E-state index < -0.39 is 0 Å². The van der Waals surface area contributed by atoms with E-state index in [4.69, 9.17) is 0 Å². The number of hydrogen-bond acceptors (Lipinski definition) is 1. The second-order valence-electron chi connectivity index (χ2n) is 3.34. The Hall–Kier alpha value is -1.03. The fourth-order valence-electron chi connectivity index (χ4n) is 1.53. The van der Waals surface area contributed by atoms with Crippen LogP contribution in [0.2, 0.25) is 0 Å². The molecule has 0 N–H and O–H groups in total. The zero-order valence-corrected chi connectivity index (χ0v) is 9.49. The maximum absolute atomic E-state index is 11.7. The topological polar surface area (TPSA) is 23.6 Å². The third-order valence-electron chi connectivity index (χ3n) is 2.34. The standard InChI is InChI=1S/C10H11BrN2O/c1-12-5-6-13(10(12)14)9-4-2-3-8(11)7-9/h2-4,7H,5-6H2,1H3. The zero-order chi connectivity index (χ0) is 10.1. The summed E-state index contributed by atoms with van der Waals surface area (Å²) in [4.78, 5) is 15.2. The molecule has 0 radical (unpaired) electrons. The lowest BCUT2D eigenvalue weighted by Crippen LogP contribution is -2.29. The molecule has 74 valence electrons. The number of amides is 2. The molecule has 2 rings (SSSR count). The number of halogens is 1. The predicted octanol–water partition coefficient (Wildman–Crippen LogP) is 2.32. The van der Waals surface area contributed by atoms with Gasteiger partial charge in [0.2, 0.25) is 0 Å². The molecule has 0 bridgehead atoms. The monoisotopic (exact) mass is 254 g/mol. The number of nitrogens with zero attached hydrogens (tertiary/aromatic N) is 2. The Kier molecular flexibility index (Phi) is 2.46. The Bertz CT molecular complexity index is 367. The molecule has 0 aliphatic carbocycles. The number of benzene rings is 1. The van der Waals surface area contributed by atoms with Crippen LogP contribution < -0.4 is 4.90 Å². The van der Waals surface area contributed by atoms with E-state index in [2.05, 4.69) is 15.9 Å². The molecule has 1 fully saturated rings. The van der Waals surface area contributed by atoms with Crippen LogP contribution in [-0.4, -0.2) is 31.1 Å². The summed E-state index contributed by atoms with van der Waals surface area (Å²) in [6.07, 6.45) is 0. The molecule has 0 saturated carbocycles. The third kappa shape index (κ3) is 1.62. The van der Waals surface area contributed by atoms with Crippen LogP contribution in [0, 0.1) is 0 Å². The molecule has 1 aromatic carbocycles. The van der Waals surface area contributed by atoms with Crippen molar-refractivity contribution < 1.29 is 4.79 Å². The second kappa shape index (κ2) is 3.61. The van der Waals surface area contributed by atoms with Crippen molar-refractivity contribution in [1.82, 2.24) is 4.90 Å². The highest BCUT2D eigenvalue weighted by Crippen LogP contribution is 2.22. The summed E-state index contributed by atoms with van der Waals surface area (Å²) < 4.78 is 0.998. The molecule has 14 heavy (non-hydrogen) atoms. The summed E-state index contributed by atoms with van der Waals surface area (Å²) >= 11 is 3.39. The highest BCUT2D eigenvalue weighted by molar-refractivity contribution is 9.10. The van der Waals surface area contributed by atoms with Crippen molar-refractivity contribution in [3.8, 4) is 0 Å². The van der Waals surface area contributed by atoms with Gasteiger partial charge in [0, 0.05) is 30.3 Å². The summed E-state index contributed by atoms with van der Waals surface area (Å²) in [5, 5.41) is 0. The van der Waals surface area contributed by atoms with Crippen molar-refractivity contribution in [3.63, 3.8) is 0 Å². The summed E-state index contributed by atoms with van der Waals surface area (Å²) in [7, 11) is 1.82. The number of hydrogen-bond donors (Lipinski definition) is 0. The van der Waals surface area contributed by atoms with E-state index in [0.717, 1.165) is 23.2 Å². The summed E-state index contributed by atoms with van der Waals surface area (Å²) in [6.45, 7) is 1.57. The molecule has 0 unspecified atom stereocenters. The molecule has 0 atom stereocenters. The number of rotatable bonds is 1. The van der Waals surface area contributed by atoms with E-state index in [-0.39, 0.29) is 6.03 Å². The minimum Gasteiger partial charge on any atom is -0.326 e. The minimum absolute atomic E-state index is 0.0723. The molecule has 1 aliphatic heterocycles. The molecule has 1 heterocycles. The van der Waals surface area contributed by atoms with Gasteiger partial charge in [-0.2, -0.15) is 0 Å². The fraction of sp³-hybridized carbons (Fsp3) is 0.300. The van der Waals surface area contributed by atoms with Crippen LogP contribution in [0.4, 0.5) is 10.5 Å². The summed E-state index contributed by atoms with van der Waals surface area (Å²) in [5.74, 6) is 0. The number of likely N-dealkylation sites (N-methyl/N-ethyl adjacent to an activating group) is 1. The highest BCUT2D eigenvalue weighted by atomic mass is 79.9. The van der Waals surface area contributed by atoms with Crippen LogP contribution in [0.1, 0.15) is 0 Å². The smallest absolute Gasteiger partial charge is 0.324 e. The lowest BCUT2D eigenvalue weighted by atomic mass is 10.3. The van der Waals surface area contributed by atoms with Gasteiger partial charge in [-0.3, -0.25) is 4.90 Å². The lowest BCUT2D eigenvalue weighted by molar-refractivity contribution is 0.229. The number of anilines is 1. The fourth-order valence-corrected chi connectivity index (χ4v) is 1.92. The van der Waals surface area contributed by atoms with Crippen LogP contribution in [0.25, 0.3) is 0 Å². The summed E-state index contributed by atoms with van der Waals surface area (Å²) in [5.41, 5.74) is 0.953. The molecule has 1 aromatic rings. The summed E-state index contributed by atoms with van der Waals surface area (Å²) in [6, 6.07) is 7.86. The molecule has 0 aromatic heterocycles. The minimum atomic E-state index is 0.0723. The van der Waals surface area contributed by atoms with Gasteiger partial charge in [0.15, 0.2) is 0 Å². The van der Waals surface area contributed by atoms with Crippen molar-refractivity contribution in [2.45, 2.75) is 0 Å². The van der Waals surface area contributed by atoms with E-state index in [1.165, 1.54) is 0 Å². The Morgan fingerprint density at radius 1 is 1.36 bits per heavy atom. The van der Waals surface area contributed by atoms with Gasteiger partial charge in [-0.05, 0) is 18.2 Å². The van der Waals surface area contributed by atoms with E-state index in [1.54, 1.807) is 9.80 Å². The van der Waals surface area contributed by atoms with E-state index in [1.807, 2.05) is 31.3 Å². The van der Waals surface area contributed by atoms with Gasteiger partial charge in [0.05, 0.1) is 0 Å². The van der Waals surface area contributed by atoms with Gasteiger partial charge >= 0.3 is 6.03 Å². The molecule has 0 spiro atoms. The molecular weight excluding hydrogens is 244 g/mol. The average molecular weight is 255 g/mol. The normalized spacial score (nSPS) is 16.6. The Labute approximate surface area is 91.4 Å². The molecule has 3 nitrogen and oxygen atoms in total. The van der Waals surface area contributed by atoms with Crippen molar-refractivity contribution in [2.75, 3.05) is 25.0 Å². The molecule has 1 aliphatic rings. The Morgan fingerprint density at radius 2 is 2.14 bits per heavy atom. The molecule has 2 amide bonds. The third-order valence-corrected chi connectivity index (χ3v) is 2.83. The first kappa shape index (κ1) is 9.52. The van der Waals surface area contributed by atoms with Gasteiger partial charge in [-0.25, -0.2) is 4.79 Å². The van der Waals surface area contributed by atoms with Gasteiger partial charge < -0.3 is 4.90 Å². The Balaban J connectivity index is 2.28. The van der Waals surface area contributed by atoms with E-state index >= 15 is 0 Å². The maximum Gasteiger partial charge on any atom is 0.324 e. The molecule has 1 saturated heterocycles. The average Bonchev–Trinajstić information content (AvgIpc) is 2.48. The quantitative estimate of drug-likeness (QED) is 0.755. The van der Waals surface area contributed by atoms with Crippen molar-refractivity contribution in [2.24, 2.45) is 0 Å². The number of carbonyl (C=O) groups excluding carboxylic acids is 1. The lowest BCUT2D eigenvalue weighted by Gasteiger charge is -2.15. The highest BCUT2D eigenvalue weighted by Gasteiger charge is 2.26. The van der Waals surface area contributed by atoms with E-state index in [0.29, 0.717) is 0 Å². The SMILES string of the molecule is CN1CCN(c2cccc(Br)c2)C1=O. The molecular formula is C10H11BrN2O. The van der Waals surface area contributed by atoms with Crippen molar-refractivity contribution in [3.05, 3.63) is 28.7 Å². The molecule has 4 heteroatoms. The first-order valence-corrected chi connectivity index (χ1v) is 5.26. The van der Waals surface area contributed by atoms with Crippen LogP contribution >= 0.6 is 15.9 Å². The Morgan fingerprint density at radius 3 is 2.71 bits per heavy atom. The number of carbonyl (C=O) groups is 1. The van der Waals surface area contributed by atoms with Crippen molar-refractivity contribution in [1.29, 1.82) is 0 Å². The zero-order valence-electron chi connectivity index (χ0n) is 7.90. The van der Waals surface area contributed by atoms with Crippen LogP contribution in [-0.2, 0) is 0 Å².